The van der Waals surface area contributed by atoms with Crippen LogP contribution in [-0.2, 0) is 19.1 Å². The van der Waals surface area contributed by atoms with Crippen LogP contribution in [0, 0.1) is 11.6 Å². The first-order valence-electron chi connectivity index (χ1n) is 9.26. The molecule has 1 aromatic carbocycles. The van der Waals surface area contributed by atoms with E-state index in [9.17, 15) is 18.4 Å². The highest BCUT2D eigenvalue weighted by Crippen LogP contribution is 2.32. The molecule has 1 atom stereocenters. The lowest BCUT2D eigenvalue weighted by molar-refractivity contribution is -0.160. The van der Waals surface area contributed by atoms with Crippen molar-refractivity contribution in [3.63, 3.8) is 0 Å². The Kier molecular flexibility index (Phi) is 5.05. The third-order valence-electron chi connectivity index (χ3n) is 4.55. The lowest BCUT2D eigenvalue weighted by Gasteiger charge is -2.14. The molecule has 3 aromatic rings. The van der Waals surface area contributed by atoms with Crippen LogP contribution >= 0.6 is 0 Å². The molecule has 1 aliphatic rings. The third-order valence-corrected chi connectivity index (χ3v) is 4.55. The molecule has 9 nitrogen and oxygen atoms in total. The van der Waals surface area contributed by atoms with Crippen LogP contribution in [0.3, 0.4) is 0 Å². The fourth-order valence-corrected chi connectivity index (χ4v) is 3.23. The number of ether oxygens (including phenoxy) is 3. The van der Waals surface area contributed by atoms with Crippen LogP contribution in [0.25, 0.3) is 16.8 Å². The summed E-state index contributed by atoms with van der Waals surface area (Å²) in [5.74, 6) is -4.03. The second kappa shape index (κ2) is 7.58. The van der Waals surface area contributed by atoms with E-state index in [2.05, 4.69) is 15.4 Å². The van der Waals surface area contributed by atoms with Crippen molar-refractivity contribution in [2.75, 3.05) is 12.4 Å². The van der Waals surface area contributed by atoms with Gasteiger partial charge in [0, 0.05) is 25.6 Å². The molecule has 1 aliphatic heterocycles. The van der Waals surface area contributed by atoms with Crippen LogP contribution in [0.5, 0.6) is 5.75 Å². The number of nitrogens with zero attached hydrogens (tertiary/aromatic N) is 3. The summed E-state index contributed by atoms with van der Waals surface area (Å²) in [6, 6.07) is 5.27. The average molecular weight is 432 g/mol. The summed E-state index contributed by atoms with van der Waals surface area (Å²) in [5.41, 5.74) is 0.260. The van der Waals surface area contributed by atoms with E-state index in [-0.39, 0.29) is 29.2 Å². The molecule has 1 amide bonds. The van der Waals surface area contributed by atoms with Crippen molar-refractivity contribution in [3.8, 4) is 16.9 Å². The second-order valence-corrected chi connectivity index (χ2v) is 7.27. The van der Waals surface area contributed by atoms with E-state index in [1.807, 2.05) is 0 Å². The highest BCUT2D eigenvalue weighted by atomic mass is 19.1. The molecule has 0 spiro atoms. The molecule has 11 heteroatoms. The van der Waals surface area contributed by atoms with Crippen LogP contribution in [-0.4, -0.2) is 45.5 Å². The molecule has 3 heterocycles. The number of fused-ring (bicyclic) bond motifs is 1. The predicted octanol–water partition coefficient (Wildman–Crippen LogP) is 2.69. The van der Waals surface area contributed by atoms with Gasteiger partial charge in [-0.1, -0.05) is 0 Å². The minimum absolute atomic E-state index is 0.0423. The topological polar surface area (TPSA) is 104 Å². The minimum atomic E-state index is -1.09. The molecule has 0 unspecified atom stereocenters. The van der Waals surface area contributed by atoms with Crippen LogP contribution in [0.15, 0.2) is 30.5 Å². The largest absolute Gasteiger partial charge is 0.494 e. The smallest absolute Gasteiger partial charge is 0.338 e. The standard InChI is InChI=1S/C20H18F2N4O5/c1-20(2)30-13(18(28)31-20)8-15(27)24-19-23-14-7-4-10(9-26(14)25-19)16-11(21)5-6-12(29-3)17(16)22/h4-7,9,13H,8H2,1-3H3,(H,24,25,27)/t13-/m0/s1. The Morgan fingerprint density at radius 1 is 1.29 bits per heavy atom. The highest BCUT2D eigenvalue weighted by Gasteiger charge is 2.42. The Morgan fingerprint density at radius 2 is 2.06 bits per heavy atom. The monoisotopic (exact) mass is 432 g/mol. The first kappa shape index (κ1) is 20.7. The maximum absolute atomic E-state index is 14.6. The number of pyridine rings is 1. The van der Waals surface area contributed by atoms with Gasteiger partial charge in [-0.3, -0.25) is 10.1 Å². The number of anilines is 1. The quantitative estimate of drug-likeness (QED) is 0.618. The normalized spacial score (nSPS) is 17.6. The van der Waals surface area contributed by atoms with E-state index < -0.39 is 35.4 Å². The third kappa shape index (κ3) is 4.04. The molecule has 0 radical (unpaired) electrons. The van der Waals surface area contributed by atoms with Gasteiger partial charge in [0.15, 0.2) is 23.3 Å². The molecular formula is C20H18F2N4O5. The van der Waals surface area contributed by atoms with Crippen molar-refractivity contribution in [1.29, 1.82) is 0 Å². The van der Waals surface area contributed by atoms with Crippen molar-refractivity contribution < 1.29 is 32.6 Å². The molecule has 1 N–H and O–H groups in total. The Bertz CT molecular complexity index is 1190. The van der Waals surface area contributed by atoms with E-state index >= 15 is 0 Å². The zero-order valence-corrected chi connectivity index (χ0v) is 16.8. The Hall–Kier alpha value is -3.60. The van der Waals surface area contributed by atoms with Gasteiger partial charge < -0.3 is 14.2 Å². The molecule has 0 bridgehead atoms. The summed E-state index contributed by atoms with van der Waals surface area (Å²) in [6.07, 6.45) is 0.0694. The number of amides is 1. The fraction of sp³-hybridized carbons (Fsp3) is 0.300. The molecule has 1 saturated heterocycles. The lowest BCUT2D eigenvalue weighted by atomic mass is 10.1. The van der Waals surface area contributed by atoms with Crippen LogP contribution < -0.4 is 10.1 Å². The Morgan fingerprint density at radius 3 is 2.74 bits per heavy atom. The second-order valence-electron chi connectivity index (χ2n) is 7.27. The number of benzene rings is 1. The predicted molar refractivity (Wildman–Crippen MR) is 103 cm³/mol. The molecule has 2 aromatic heterocycles. The number of rotatable bonds is 5. The van der Waals surface area contributed by atoms with E-state index in [0.29, 0.717) is 5.65 Å². The fourth-order valence-electron chi connectivity index (χ4n) is 3.23. The van der Waals surface area contributed by atoms with Crippen LogP contribution in [0.1, 0.15) is 20.3 Å². The van der Waals surface area contributed by atoms with E-state index in [0.717, 1.165) is 6.07 Å². The first-order valence-corrected chi connectivity index (χ1v) is 9.26. The van der Waals surface area contributed by atoms with Gasteiger partial charge in [0.05, 0.1) is 19.1 Å². The maximum atomic E-state index is 14.6. The molecule has 0 saturated carbocycles. The van der Waals surface area contributed by atoms with E-state index in [1.165, 1.54) is 36.0 Å². The first-order chi connectivity index (χ1) is 14.7. The maximum Gasteiger partial charge on any atom is 0.338 e. The van der Waals surface area contributed by atoms with Gasteiger partial charge >= 0.3 is 5.97 Å². The zero-order chi connectivity index (χ0) is 22.3. The summed E-state index contributed by atoms with van der Waals surface area (Å²) < 4.78 is 45.4. The Labute approximate surface area is 174 Å². The van der Waals surface area contributed by atoms with Gasteiger partial charge in [0.1, 0.15) is 5.82 Å². The van der Waals surface area contributed by atoms with Crippen LogP contribution in [0.2, 0.25) is 0 Å². The molecule has 0 aliphatic carbocycles. The van der Waals surface area contributed by atoms with E-state index in [4.69, 9.17) is 14.2 Å². The molecule has 162 valence electrons. The lowest BCUT2D eigenvalue weighted by Crippen LogP contribution is -2.26. The van der Waals surface area contributed by atoms with Gasteiger partial charge in [0.2, 0.25) is 17.6 Å². The summed E-state index contributed by atoms with van der Waals surface area (Å²) >= 11 is 0. The van der Waals surface area contributed by atoms with Crippen molar-refractivity contribution in [2.24, 2.45) is 0 Å². The van der Waals surface area contributed by atoms with Crippen molar-refractivity contribution in [3.05, 3.63) is 42.1 Å². The number of carbonyl (C=O) groups excluding carboxylic acids is 2. The summed E-state index contributed by atoms with van der Waals surface area (Å²) in [5, 5.41) is 6.57. The number of hydrogen-bond acceptors (Lipinski definition) is 7. The number of hydrogen-bond donors (Lipinski definition) is 1. The van der Waals surface area contributed by atoms with Crippen molar-refractivity contribution in [2.45, 2.75) is 32.2 Å². The van der Waals surface area contributed by atoms with Gasteiger partial charge in [-0.05, 0) is 24.3 Å². The number of halogens is 2. The van der Waals surface area contributed by atoms with Gasteiger partial charge in [-0.15, -0.1) is 5.10 Å². The zero-order valence-electron chi connectivity index (χ0n) is 16.8. The van der Waals surface area contributed by atoms with Crippen LogP contribution in [0.4, 0.5) is 14.7 Å². The molecule has 1 fully saturated rings. The summed E-state index contributed by atoms with van der Waals surface area (Å²) in [7, 11) is 1.28. The van der Waals surface area contributed by atoms with Gasteiger partial charge in [-0.25, -0.2) is 18.1 Å². The number of aromatic nitrogens is 3. The number of carbonyl (C=O) groups is 2. The Balaban J connectivity index is 1.55. The minimum Gasteiger partial charge on any atom is -0.494 e. The SMILES string of the molecule is COc1ccc(F)c(-c2ccc3nc(NC(=O)C[C@@H]4OC(C)(C)OC4=O)nn3c2)c1F. The summed E-state index contributed by atoms with van der Waals surface area (Å²) in [4.78, 5) is 28.1. The van der Waals surface area contributed by atoms with Gasteiger partial charge in [-0.2, -0.15) is 4.98 Å². The number of methoxy groups -OCH3 is 1. The van der Waals surface area contributed by atoms with E-state index in [1.54, 1.807) is 13.8 Å². The number of esters is 1. The molecule has 4 rings (SSSR count). The van der Waals surface area contributed by atoms with Crippen molar-refractivity contribution in [1.82, 2.24) is 14.6 Å². The number of nitrogens with one attached hydrogen (secondary N) is 1. The molecular weight excluding hydrogens is 414 g/mol. The summed E-state index contributed by atoms with van der Waals surface area (Å²) in [6.45, 7) is 3.14. The molecule has 31 heavy (non-hydrogen) atoms. The van der Waals surface area contributed by atoms with Crippen molar-refractivity contribution >= 4 is 23.5 Å². The average Bonchev–Trinajstić information content (AvgIpc) is 3.19. The highest BCUT2D eigenvalue weighted by molar-refractivity contribution is 5.93. The van der Waals surface area contributed by atoms with Gasteiger partial charge in [0.25, 0.3) is 0 Å². The number of cyclic esters (lactones) is 1.